The first-order valence-corrected chi connectivity index (χ1v) is 15.1. The summed E-state index contributed by atoms with van der Waals surface area (Å²) in [5, 5.41) is 4.46. The number of amides is 2. The lowest BCUT2D eigenvalue weighted by molar-refractivity contribution is -0.133. The topological polar surface area (TPSA) is 134 Å². The summed E-state index contributed by atoms with van der Waals surface area (Å²) in [6.45, 7) is 1.35. The zero-order valence-electron chi connectivity index (χ0n) is 22.5. The number of hydrogen-bond donors (Lipinski definition) is 3. The van der Waals surface area contributed by atoms with Crippen molar-refractivity contribution < 1.29 is 26.8 Å². The molecule has 1 fully saturated rings. The fourth-order valence-corrected chi connectivity index (χ4v) is 6.54. The first kappa shape index (κ1) is 32.9. The quantitative estimate of drug-likeness (QED) is 0.292. The molecular formula is C28H30ClF2N5O4S2. The minimum atomic E-state index is -4.36. The van der Waals surface area contributed by atoms with E-state index in [1.165, 1.54) is 35.4 Å². The molecule has 42 heavy (non-hydrogen) atoms. The van der Waals surface area contributed by atoms with Crippen molar-refractivity contribution in [3.63, 3.8) is 0 Å². The molecule has 1 aliphatic rings. The summed E-state index contributed by atoms with van der Waals surface area (Å²) in [6, 6.07) is 10.3. The Hall–Kier alpha value is -3.65. The Morgan fingerprint density at radius 2 is 1.88 bits per heavy atom. The summed E-state index contributed by atoms with van der Waals surface area (Å²) in [5.41, 5.74) is 7.30. The molecule has 9 nitrogen and oxygen atoms in total. The molecule has 1 aromatic carbocycles. The number of aromatic nitrogens is 1. The highest BCUT2D eigenvalue weighted by molar-refractivity contribution is 7.89. The van der Waals surface area contributed by atoms with E-state index in [1.54, 1.807) is 42.5 Å². The number of nitrogens with one attached hydrogen (secondary N) is 2. The predicted octanol–water partition coefficient (Wildman–Crippen LogP) is 5.30. The van der Waals surface area contributed by atoms with Crippen LogP contribution in [-0.4, -0.2) is 49.2 Å². The number of anilines is 2. The fourth-order valence-electron chi connectivity index (χ4n) is 4.39. The van der Waals surface area contributed by atoms with Gasteiger partial charge in [0.25, 0.3) is 6.08 Å². The van der Waals surface area contributed by atoms with E-state index >= 15 is 0 Å². The summed E-state index contributed by atoms with van der Waals surface area (Å²) in [4.78, 5) is 31.7. The average molecular weight is 638 g/mol. The largest absolute Gasteiger partial charge is 0.397 e. The summed E-state index contributed by atoms with van der Waals surface area (Å²) >= 11 is 1.38. The van der Waals surface area contributed by atoms with Crippen molar-refractivity contribution in [3.05, 3.63) is 77.5 Å². The third kappa shape index (κ3) is 8.22. The molecule has 0 saturated carbocycles. The number of likely N-dealkylation sites (tertiary alicyclic amines) is 1. The number of thiophene rings is 1. The highest BCUT2D eigenvalue weighted by Crippen LogP contribution is 2.36. The van der Waals surface area contributed by atoms with Crippen LogP contribution >= 0.6 is 23.7 Å². The zero-order valence-corrected chi connectivity index (χ0v) is 25.0. The van der Waals surface area contributed by atoms with Gasteiger partial charge < -0.3 is 16.0 Å². The summed E-state index contributed by atoms with van der Waals surface area (Å²) in [7, 11) is -4.36. The summed E-state index contributed by atoms with van der Waals surface area (Å²) < 4.78 is 56.2. The molecule has 0 aliphatic carbocycles. The summed E-state index contributed by atoms with van der Waals surface area (Å²) in [6.07, 6.45) is 2.94. The van der Waals surface area contributed by atoms with Crippen LogP contribution < -0.4 is 15.8 Å². The summed E-state index contributed by atoms with van der Waals surface area (Å²) in [5.74, 6) is -1.01. The Balaban J connectivity index is 0.00000484. The highest BCUT2D eigenvalue weighted by Gasteiger charge is 2.32. The molecule has 2 aromatic heterocycles. The van der Waals surface area contributed by atoms with Gasteiger partial charge in [0.15, 0.2) is 0 Å². The Morgan fingerprint density at radius 3 is 2.48 bits per heavy atom. The van der Waals surface area contributed by atoms with Crippen LogP contribution in [0.4, 0.5) is 20.2 Å². The predicted molar refractivity (Wildman–Crippen MR) is 163 cm³/mol. The molecule has 1 atom stereocenters. The van der Waals surface area contributed by atoms with Crippen LogP contribution in [0.5, 0.6) is 0 Å². The van der Waals surface area contributed by atoms with Crippen molar-refractivity contribution in [1.29, 1.82) is 0 Å². The van der Waals surface area contributed by atoms with Crippen molar-refractivity contribution in [2.75, 3.05) is 24.1 Å². The van der Waals surface area contributed by atoms with Gasteiger partial charge in [-0.2, -0.15) is 13.5 Å². The van der Waals surface area contributed by atoms with Gasteiger partial charge in [-0.25, -0.2) is 8.42 Å². The molecule has 2 amide bonds. The number of para-hydroxylation sites is 1. The van der Waals surface area contributed by atoms with Gasteiger partial charge in [-0.3, -0.25) is 14.6 Å². The second-order valence-corrected chi connectivity index (χ2v) is 12.0. The van der Waals surface area contributed by atoms with Crippen molar-refractivity contribution in [3.8, 4) is 10.4 Å². The van der Waals surface area contributed by atoms with Crippen LogP contribution in [-0.2, 0) is 19.6 Å². The van der Waals surface area contributed by atoms with Crippen molar-refractivity contribution in [2.45, 2.75) is 37.1 Å². The number of carbonyl (C=O) groups excluding carboxylic acids is 2. The van der Waals surface area contributed by atoms with Gasteiger partial charge in [0.1, 0.15) is 10.9 Å². The van der Waals surface area contributed by atoms with E-state index in [0.29, 0.717) is 16.9 Å². The minimum absolute atomic E-state index is 0. The molecule has 0 radical (unpaired) electrons. The van der Waals surface area contributed by atoms with Crippen LogP contribution in [0.25, 0.3) is 16.5 Å². The van der Waals surface area contributed by atoms with Gasteiger partial charge in [-0.1, -0.05) is 24.3 Å². The van der Waals surface area contributed by atoms with Gasteiger partial charge in [0.05, 0.1) is 23.3 Å². The van der Waals surface area contributed by atoms with Crippen LogP contribution in [0, 0.1) is 0 Å². The van der Waals surface area contributed by atoms with Crippen LogP contribution in [0.3, 0.4) is 0 Å². The van der Waals surface area contributed by atoms with Crippen molar-refractivity contribution in [1.82, 2.24) is 14.6 Å². The molecule has 1 aliphatic heterocycles. The van der Waals surface area contributed by atoms with Gasteiger partial charge in [0.2, 0.25) is 21.8 Å². The SMILES string of the molecule is CC(=O)Nc1c(-c2cccs2)cccc1S(=O)(=O)N[C@@H](C/C=C\c1ccc(N)cn1)C(=O)N1CCC(=C(F)F)CC1.Cl. The van der Waals surface area contributed by atoms with E-state index in [2.05, 4.69) is 15.0 Å². The Labute approximate surface area is 253 Å². The molecule has 0 spiro atoms. The standard InChI is InChI=1S/C28H29F2N5O4S2.ClH/c1-18(36)33-26-22(24-8-4-16-40-24)6-3-9-25(26)41(38,39)34-23(7-2-5-21-11-10-20(31)17-32-21)28(37)35-14-12-19(13-15-35)27(29)30;/h2-6,8-11,16-17,23,34H,7,12-15,31H2,1H3,(H,33,36);1H/b5-2-;/t23-;/m0./s1. The number of halogens is 3. The molecule has 224 valence electrons. The normalized spacial score (nSPS) is 14.4. The van der Waals surface area contributed by atoms with E-state index in [1.807, 2.05) is 11.4 Å². The second kappa shape index (κ2) is 14.5. The number of rotatable bonds is 9. The third-order valence-corrected chi connectivity index (χ3v) is 8.83. The molecule has 4 N–H and O–H groups in total. The van der Waals surface area contributed by atoms with E-state index in [-0.39, 0.29) is 60.9 Å². The molecule has 0 bridgehead atoms. The lowest BCUT2D eigenvalue weighted by atomic mass is 10.0. The van der Waals surface area contributed by atoms with Crippen LogP contribution in [0.15, 0.2) is 76.7 Å². The maximum absolute atomic E-state index is 13.8. The van der Waals surface area contributed by atoms with Gasteiger partial charge in [-0.05, 0) is 60.6 Å². The number of hydrogen-bond acceptors (Lipinski definition) is 7. The maximum atomic E-state index is 13.8. The number of pyridine rings is 1. The number of nitrogens with two attached hydrogens (primary N) is 1. The lowest BCUT2D eigenvalue weighted by Gasteiger charge is -2.31. The molecule has 0 unspecified atom stereocenters. The van der Waals surface area contributed by atoms with E-state index in [0.717, 1.165) is 4.88 Å². The van der Waals surface area contributed by atoms with Crippen molar-refractivity contribution in [2.24, 2.45) is 0 Å². The Morgan fingerprint density at radius 1 is 1.14 bits per heavy atom. The molecule has 1 saturated heterocycles. The third-order valence-electron chi connectivity index (χ3n) is 6.41. The highest BCUT2D eigenvalue weighted by atomic mass is 35.5. The lowest BCUT2D eigenvalue weighted by Crippen LogP contribution is -2.50. The second-order valence-electron chi connectivity index (χ2n) is 9.35. The molecule has 3 aromatic rings. The maximum Gasteiger partial charge on any atom is 0.269 e. The molecule has 4 rings (SSSR count). The zero-order chi connectivity index (χ0) is 29.6. The van der Waals surface area contributed by atoms with Crippen LogP contribution in [0.1, 0.15) is 31.9 Å². The number of carbonyl (C=O) groups is 2. The van der Waals surface area contributed by atoms with Crippen LogP contribution in [0.2, 0.25) is 0 Å². The number of nitrogens with zero attached hydrogens (tertiary/aromatic N) is 2. The van der Waals surface area contributed by atoms with E-state index in [4.69, 9.17) is 5.73 Å². The molecule has 3 heterocycles. The first-order chi connectivity index (χ1) is 19.5. The first-order valence-electron chi connectivity index (χ1n) is 12.7. The minimum Gasteiger partial charge on any atom is -0.397 e. The Bertz CT molecular complexity index is 1570. The van der Waals surface area contributed by atoms with E-state index in [9.17, 15) is 26.8 Å². The number of nitrogen functional groups attached to an aromatic ring is 1. The van der Waals surface area contributed by atoms with Gasteiger partial charge in [-0.15, -0.1) is 23.7 Å². The Kier molecular flexibility index (Phi) is 11.3. The number of piperidine rings is 1. The molecule has 14 heteroatoms. The van der Waals surface area contributed by atoms with Crippen molar-refractivity contribution >= 4 is 63.0 Å². The smallest absolute Gasteiger partial charge is 0.269 e. The monoisotopic (exact) mass is 637 g/mol. The van der Waals surface area contributed by atoms with Gasteiger partial charge in [0, 0.05) is 30.5 Å². The fraction of sp³-hybridized carbons (Fsp3) is 0.250. The molecular weight excluding hydrogens is 608 g/mol. The van der Waals surface area contributed by atoms with Gasteiger partial charge >= 0.3 is 0 Å². The number of sulfonamides is 1. The number of benzene rings is 1. The average Bonchev–Trinajstić information content (AvgIpc) is 3.48. The van der Waals surface area contributed by atoms with E-state index < -0.39 is 34.0 Å².